The molecule has 2 rings (SSSR count). The maximum atomic E-state index is 12.8. The zero-order chi connectivity index (χ0) is 15.0. The predicted molar refractivity (Wildman–Crippen MR) is 50.3 cm³/mol. The van der Waals surface area contributed by atoms with Crippen LogP contribution in [0.25, 0.3) is 0 Å². The molecule has 2 aliphatic rings. The normalized spacial score (nSPS) is 26.5. The van der Waals surface area contributed by atoms with E-state index in [0.29, 0.717) is 0 Å². The molecule has 20 heavy (non-hydrogen) atoms. The molecular weight excluding hydrogens is 286 g/mol. The number of amides is 4. The topological polar surface area (TPSA) is 110 Å². The average Bonchev–Trinajstić information content (AvgIpc) is 2.74. The summed E-state index contributed by atoms with van der Waals surface area (Å²) in [5, 5.41) is -0.379. The Labute approximate surface area is 108 Å². The lowest BCUT2D eigenvalue weighted by molar-refractivity contribution is -0.199. The second-order valence-corrected chi connectivity index (χ2v) is 3.83. The van der Waals surface area contributed by atoms with Gasteiger partial charge in [-0.3, -0.25) is 28.9 Å². The Morgan fingerprint density at radius 1 is 0.900 bits per heavy atom. The molecule has 0 aromatic heterocycles. The maximum Gasteiger partial charge on any atom is 0.560 e. The molecule has 2 atom stereocenters. The third kappa shape index (κ3) is 2.29. The Morgan fingerprint density at radius 2 is 1.25 bits per heavy atom. The van der Waals surface area contributed by atoms with Crippen LogP contribution in [0.5, 0.6) is 0 Å². The molecule has 2 unspecified atom stereocenters. The molecule has 2 aliphatic heterocycles. The zero-order valence-corrected chi connectivity index (χ0v) is 9.58. The summed E-state index contributed by atoms with van der Waals surface area (Å²) in [6, 6.07) is 0. The second kappa shape index (κ2) is 4.83. The number of hydrogen-bond acceptors (Lipinski definition) is 7. The first-order valence-corrected chi connectivity index (χ1v) is 5.23. The molecule has 2 fully saturated rings. The zero-order valence-electron chi connectivity index (χ0n) is 9.58. The Balaban J connectivity index is 1.97. The van der Waals surface area contributed by atoms with E-state index in [9.17, 15) is 32.8 Å². The van der Waals surface area contributed by atoms with Crippen molar-refractivity contribution < 1.29 is 42.4 Å². The fraction of sp³-hybridized carbons (Fsp3) is 0.444. The molecule has 108 valence electrons. The summed E-state index contributed by atoms with van der Waals surface area (Å²) in [6.45, 7) is 0. The van der Waals surface area contributed by atoms with Crippen LogP contribution in [0.15, 0.2) is 0 Å². The number of imide groups is 2. The van der Waals surface area contributed by atoms with E-state index in [4.69, 9.17) is 0 Å². The minimum absolute atomic E-state index is 0.190. The first-order chi connectivity index (χ1) is 9.31. The smallest absolute Gasteiger partial charge is 0.293 e. The summed E-state index contributed by atoms with van der Waals surface area (Å²) in [6.07, 6.45) is -7.74. The quantitative estimate of drug-likeness (QED) is 0.610. The van der Waals surface area contributed by atoms with Crippen molar-refractivity contribution >= 4 is 29.8 Å². The van der Waals surface area contributed by atoms with Gasteiger partial charge in [0.2, 0.25) is 0 Å². The monoisotopic (exact) mass is 292 g/mol. The van der Waals surface area contributed by atoms with Gasteiger partial charge in [0, 0.05) is 0 Å². The van der Waals surface area contributed by atoms with Crippen LogP contribution in [0.1, 0.15) is 12.8 Å². The summed E-state index contributed by atoms with van der Waals surface area (Å²) >= 11 is 0. The maximum absolute atomic E-state index is 12.8. The van der Waals surface area contributed by atoms with Crippen molar-refractivity contribution in [2.45, 2.75) is 25.2 Å². The highest BCUT2D eigenvalue weighted by molar-refractivity contribution is 6.05. The van der Waals surface area contributed by atoms with E-state index in [1.54, 1.807) is 0 Å². The molecule has 11 heteroatoms. The summed E-state index contributed by atoms with van der Waals surface area (Å²) in [5.41, 5.74) is 0. The van der Waals surface area contributed by atoms with Crippen molar-refractivity contribution in [1.29, 1.82) is 0 Å². The number of halogens is 2. The molecule has 4 amide bonds. The van der Waals surface area contributed by atoms with E-state index in [1.165, 1.54) is 0 Å². The van der Waals surface area contributed by atoms with Gasteiger partial charge < -0.3 is 0 Å². The molecule has 0 spiro atoms. The predicted octanol–water partition coefficient (Wildman–Crippen LogP) is -0.836. The first-order valence-electron chi connectivity index (χ1n) is 5.23. The summed E-state index contributed by atoms with van der Waals surface area (Å²) in [4.78, 5) is 63.6. The molecule has 9 nitrogen and oxygen atoms in total. The molecule has 0 aliphatic carbocycles. The van der Waals surface area contributed by atoms with Crippen molar-refractivity contribution in [3.8, 4) is 0 Å². The number of carbonyl (C=O) groups excluding carboxylic acids is 5. The van der Waals surface area contributed by atoms with Crippen LogP contribution in [0, 0.1) is 0 Å². The largest absolute Gasteiger partial charge is 0.560 e. The number of alkyl halides is 2. The van der Waals surface area contributed by atoms with Crippen LogP contribution < -0.4 is 0 Å². The fourth-order valence-electron chi connectivity index (χ4n) is 1.50. The molecule has 2 heterocycles. The summed E-state index contributed by atoms with van der Waals surface area (Å²) in [7, 11) is 0. The number of hydrogen-bond donors (Lipinski definition) is 0. The van der Waals surface area contributed by atoms with Gasteiger partial charge in [-0.15, -0.1) is 0 Å². The van der Waals surface area contributed by atoms with E-state index in [1.807, 2.05) is 0 Å². The van der Waals surface area contributed by atoms with E-state index in [2.05, 4.69) is 9.68 Å². The minimum atomic E-state index is -2.15. The van der Waals surface area contributed by atoms with Gasteiger partial charge in [0.1, 0.15) is 0 Å². The van der Waals surface area contributed by atoms with Crippen LogP contribution >= 0.6 is 0 Å². The lowest BCUT2D eigenvalue weighted by Gasteiger charge is -2.15. The second-order valence-electron chi connectivity index (χ2n) is 3.83. The Hall–Kier alpha value is -2.59. The van der Waals surface area contributed by atoms with Gasteiger partial charge >= 0.3 is 6.16 Å². The third-order valence-electron chi connectivity index (χ3n) is 2.43. The van der Waals surface area contributed by atoms with Crippen molar-refractivity contribution in [1.82, 2.24) is 10.1 Å². The highest BCUT2D eigenvalue weighted by Crippen LogP contribution is 2.19. The Bertz CT molecular complexity index is 478. The van der Waals surface area contributed by atoms with E-state index in [-0.39, 0.29) is 10.1 Å². The summed E-state index contributed by atoms with van der Waals surface area (Å²) in [5.74, 6) is -5.12. The highest BCUT2D eigenvalue weighted by atomic mass is 19.1. The first kappa shape index (κ1) is 13.8. The van der Waals surface area contributed by atoms with Crippen molar-refractivity contribution in [3.63, 3.8) is 0 Å². The highest BCUT2D eigenvalue weighted by Gasteiger charge is 2.45. The fourth-order valence-corrected chi connectivity index (χ4v) is 1.50. The molecule has 2 saturated heterocycles. The van der Waals surface area contributed by atoms with E-state index < -0.39 is 55.0 Å². The lowest BCUT2D eigenvalue weighted by atomic mass is 10.3. The van der Waals surface area contributed by atoms with Crippen LogP contribution in [0.3, 0.4) is 0 Å². The Morgan fingerprint density at radius 3 is 1.50 bits per heavy atom. The molecule has 0 aromatic carbocycles. The summed E-state index contributed by atoms with van der Waals surface area (Å²) < 4.78 is 25.7. The molecule has 0 bridgehead atoms. The molecular formula is C9H6F2N2O7. The van der Waals surface area contributed by atoms with Crippen molar-refractivity contribution in [2.24, 2.45) is 0 Å². The number of rotatable bonds is 2. The number of carbonyl (C=O) groups is 5. The van der Waals surface area contributed by atoms with Crippen LogP contribution in [0.2, 0.25) is 0 Å². The third-order valence-corrected chi connectivity index (χ3v) is 2.43. The van der Waals surface area contributed by atoms with Gasteiger partial charge in [-0.2, -0.15) is 4.79 Å². The molecule has 0 saturated carbocycles. The van der Waals surface area contributed by atoms with Gasteiger partial charge in [-0.25, -0.2) is 8.78 Å². The minimum Gasteiger partial charge on any atom is -0.293 e. The molecule has 0 N–H and O–H groups in total. The SMILES string of the molecule is O=C(ON1C(=O)CC(F)C1=O)ON1C(=O)CC(F)C1=O. The lowest BCUT2D eigenvalue weighted by Crippen LogP contribution is -2.39. The van der Waals surface area contributed by atoms with Crippen LogP contribution in [-0.4, -0.2) is 52.3 Å². The van der Waals surface area contributed by atoms with Crippen molar-refractivity contribution in [2.75, 3.05) is 0 Å². The van der Waals surface area contributed by atoms with Crippen molar-refractivity contribution in [3.05, 3.63) is 0 Å². The van der Waals surface area contributed by atoms with Gasteiger partial charge in [0.25, 0.3) is 23.6 Å². The van der Waals surface area contributed by atoms with E-state index >= 15 is 0 Å². The van der Waals surface area contributed by atoms with Crippen LogP contribution in [0.4, 0.5) is 13.6 Å². The number of hydroxylamine groups is 4. The van der Waals surface area contributed by atoms with Gasteiger partial charge in [-0.1, -0.05) is 10.1 Å². The number of nitrogens with zero attached hydrogens (tertiary/aromatic N) is 2. The molecule has 0 aromatic rings. The van der Waals surface area contributed by atoms with Gasteiger partial charge in [0.15, 0.2) is 12.3 Å². The standard InChI is InChI=1S/C9H6F2N2O7/c10-3-1-5(14)12(7(3)16)19-9(18)20-13-6(15)2-4(11)8(13)17/h3-4H,1-2H2. The Kier molecular flexibility index (Phi) is 3.34. The van der Waals surface area contributed by atoms with Crippen LogP contribution in [-0.2, 0) is 28.9 Å². The van der Waals surface area contributed by atoms with Gasteiger partial charge in [-0.05, 0) is 0 Å². The van der Waals surface area contributed by atoms with Gasteiger partial charge in [0.05, 0.1) is 12.8 Å². The molecule has 0 radical (unpaired) electrons. The average molecular weight is 292 g/mol. The van der Waals surface area contributed by atoms with E-state index in [0.717, 1.165) is 0 Å².